The topological polar surface area (TPSA) is 12.5 Å². The van der Waals surface area contributed by atoms with Crippen molar-refractivity contribution in [2.24, 2.45) is 0 Å². The van der Waals surface area contributed by atoms with E-state index in [1.807, 2.05) is 0 Å². The zero-order valence-corrected chi connectivity index (χ0v) is 6.74. The molecule has 2 unspecified atom stereocenters. The van der Waals surface area contributed by atoms with E-state index in [1.165, 1.54) is 0 Å². The van der Waals surface area contributed by atoms with E-state index in [4.69, 9.17) is 3.79 Å². The van der Waals surface area contributed by atoms with Gasteiger partial charge in [-0.1, -0.05) is 0 Å². The third kappa shape index (κ3) is 1.06. The van der Waals surface area contributed by atoms with Crippen LogP contribution in [0.5, 0.6) is 0 Å². The molecule has 2 nitrogen and oxygen atoms in total. The van der Waals surface area contributed by atoms with Crippen molar-refractivity contribution in [2.75, 3.05) is 7.05 Å². The molecule has 1 saturated heterocycles. The van der Waals surface area contributed by atoms with Gasteiger partial charge in [0.25, 0.3) is 0 Å². The van der Waals surface area contributed by atoms with Crippen molar-refractivity contribution in [2.45, 2.75) is 26.0 Å². The van der Waals surface area contributed by atoms with E-state index in [0.717, 1.165) is 0 Å². The monoisotopic (exact) mass is 128 g/mol. The third-order valence-corrected chi connectivity index (χ3v) is 3.12. The Morgan fingerprint density at radius 3 is 2.25 bits per heavy atom. The summed E-state index contributed by atoms with van der Waals surface area (Å²) < 4.78 is 7.67. The van der Waals surface area contributed by atoms with E-state index in [9.17, 15) is 0 Å². The Bertz CT molecular complexity index is 78.5. The van der Waals surface area contributed by atoms with E-state index < -0.39 is 0 Å². The van der Waals surface area contributed by atoms with Crippen LogP contribution in [0.3, 0.4) is 0 Å². The highest BCUT2D eigenvalue weighted by molar-refractivity contribution is 6.24. The summed E-state index contributed by atoms with van der Waals surface area (Å²) in [6.45, 7) is 4.33. The Kier molecular flexibility index (Phi) is 1.94. The van der Waals surface area contributed by atoms with Gasteiger partial charge in [-0.05, 0) is 20.9 Å². The number of likely N-dealkylation sites (N-methyl/N-ethyl adjacent to an activating group) is 1. The molecule has 0 spiro atoms. The molecule has 0 amide bonds. The van der Waals surface area contributed by atoms with Crippen molar-refractivity contribution in [1.29, 1.82) is 0 Å². The SMILES string of the molecule is CC1[O][Al][N](C)C1C. The normalized spacial score (nSPS) is 39.9. The van der Waals surface area contributed by atoms with Crippen LogP contribution in [0.15, 0.2) is 0 Å². The van der Waals surface area contributed by atoms with Gasteiger partial charge in [0, 0.05) is 12.1 Å². The first kappa shape index (κ1) is 6.57. The molecule has 0 N–H and O–H groups in total. The van der Waals surface area contributed by atoms with Crippen molar-refractivity contribution in [3.05, 3.63) is 0 Å². The van der Waals surface area contributed by atoms with Crippen LogP contribution in [0, 0.1) is 0 Å². The summed E-state index contributed by atoms with van der Waals surface area (Å²) in [7, 11) is 2.11. The minimum Gasteiger partial charge on any atom is -0.490 e. The second-order valence-corrected chi connectivity index (χ2v) is 3.65. The van der Waals surface area contributed by atoms with Gasteiger partial charge in [0.2, 0.25) is 0 Å². The lowest BCUT2D eigenvalue weighted by molar-refractivity contribution is 0.230. The third-order valence-electron chi connectivity index (χ3n) is 1.76. The number of rotatable bonds is 0. The molecule has 3 heteroatoms. The van der Waals surface area contributed by atoms with Crippen LogP contribution < -0.4 is 0 Å². The lowest BCUT2D eigenvalue weighted by atomic mass is 10.2. The Hall–Kier alpha value is 0.452. The molecule has 1 heterocycles. The highest BCUT2D eigenvalue weighted by Crippen LogP contribution is 2.10. The van der Waals surface area contributed by atoms with Gasteiger partial charge in [-0.3, -0.25) is 0 Å². The summed E-state index contributed by atoms with van der Waals surface area (Å²) in [4.78, 5) is 0. The lowest BCUT2D eigenvalue weighted by Gasteiger charge is -2.16. The maximum atomic E-state index is 5.39. The number of nitrogens with zero attached hydrogens (tertiary/aromatic N) is 1. The molecule has 1 rings (SSSR count). The fourth-order valence-electron chi connectivity index (χ4n) is 0.733. The quantitative estimate of drug-likeness (QED) is 0.434. The average molecular weight is 128 g/mol. The minimum absolute atomic E-state index is 0.141. The van der Waals surface area contributed by atoms with Crippen LogP contribution in [0.2, 0.25) is 0 Å². The van der Waals surface area contributed by atoms with Gasteiger partial charge in [0.05, 0.1) is 0 Å². The first-order valence-corrected chi connectivity index (χ1v) is 3.91. The molecule has 1 radical (unpaired) electrons. The van der Waals surface area contributed by atoms with E-state index in [0.29, 0.717) is 12.1 Å². The maximum absolute atomic E-state index is 5.39. The van der Waals surface area contributed by atoms with Crippen LogP contribution in [-0.4, -0.2) is 38.9 Å². The highest BCUT2D eigenvalue weighted by atomic mass is 27.1. The molecule has 2 atom stereocenters. The average Bonchev–Trinajstić information content (AvgIpc) is 1.98. The van der Waals surface area contributed by atoms with Crippen molar-refractivity contribution in [3.8, 4) is 0 Å². The van der Waals surface area contributed by atoms with E-state index in [1.54, 1.807) is 0 Å². The van der Waals surface area contributed by atoms with Gasteiger partial charge in [-0.25, -0.2) is 0 Å². The predicted molar refractivity (Wildman–Crippen MR) is 33.5 cm³/mol. The van der Waals surface area contributed by atoms with Crippen LogP contribution in [0.25, 0.3) is 0 Å². The summed E-state index contributed by atoms with van der Waals surface area (Å²) in [5.74, 6) is 0. The molecule has 0 aromatic rings. The molecule has 1 aliphatic rings. The van der Waals surface area contributed by atoms with Crippen LogP contribution >= 0.6 is 0 Å². The summed E-state index contributed by atoms with van der Waals surface area (Å²) in [6.07, 6.45) is 0.454. The Labute approximate surface area is 57.1 Å². The van der Waals surface area contributed by atoms with Gasteiger partial charge in [-0.15, -0.1) is 0 Å². The van der Waals surface area contributed by atoms with Gasteiger partial charge in [0.15, 0.2) is 0 Å². The predicted octanol–water partition coefficient (Wildman–Crippen LogP) is 0.260. The molecule has 0 aliphatic carbocycles. The fourth-order valence-corrected chi connectivity index (χ4v) is 1.78. The second-order valence-electron chi connectivity index (χ2n) is 2.35. The standard InChI is InChI=1S/C5H11NO.Al/c1-4(6-3)5(2)7;/h4-5H,1-3H3;/q-2;+2. The Morgan fingerprint density at radius 1 is 1.50 bits per heavy atom. The molecule has 0 aromatic carbocycles. The first-order valence-electron chi connectivity index (χ1n) is 2.92. The molecular weight excluding hydrogens is 117 g/mol. The Balaban J connectivity index is 2.44. The molecule has 1 aliphatic heterocycles. The summed E-state index contributed by atoms with van der Waals surface area (Å²) >= 11 is 0.141. The summed E-state index contributed by atoms with van der Waals surface area (Å²) in [6, 6.07) is 0.630. The van der Waals surface area contributed by atoms with Crippen LogP contribution in [0.1, 0.15) is 13.8 Å². The molecule has 1 fully saturated rings. The van der Waals surface area contributed by atoms with Crippen LogP contribution in [0.4, 0.5) is 0 Å². The van der Waals surface area contributed by atoms with Crippen LogP contribution in [-0.2, 0) is 3.79 Å². The maximum Gasteiger partial charge on any atom is 0.560 e. The molecule has 0 saturated carbocycles. The van der Waals surface area contributed by atoms with Crippen molar-refractivity contribution in [3.63, 3.8) is 0 Å². The zero-order valence-electron chi connectivity index (χ0n) is 5.59. The van der Waals surface area contributed by atoms with E-state index >= 15 is 0 Å². The van der Waals surface area contributed by atoms with E-state index in [-0.39, 0.29) is 15.8 Å². The van der Waals surface area contributed by atoms with Crippen molar-refractivity contribution < 1.29 is 3.79 Å². The van der Waals surface area contributed by atoms with Crippen molar-refractivity contribution in [1.82, 2.24) is 3.88 Å². The molecule has 0 aromatic heterocycles. The summed E-state index contributed by atoms with van der Waals surface area (Å²) in [5, 5.41) is 0. The highest BCUT2D eigenvalue weighted by Gasteiger charge is 2.26. The number of hydrogen-bond donors (Lipinski definition) is 0. The van der Waals surface area contributed by atoms with E-state index in [2.05, 4.69) is 24.8 Å². The van der Waals surface area contributed by atoms with Gasteiger partial charge >= 0.3 is 15.8 Å². The van der Waals surface area contributed by atoms with Gasteiger partial charge in [0.1, 0.15) is 0 Å². The van der Waals surface area contributed by atoms with Crippen molar-refractivity contribution >= 4 is 15.8 Å². The fraction of sp³-hybridized carbons (Fsp3) is 1.00. The van der Waals surface area contributed by atoms with Gasteiger partial charge in [-0.2, -0.15) is 0 Å². The smallest absolute Gasteiger partial charge is 0.490 e. The van der Waals surface area contributed by atoms with Gasteiger partial charge < -0.3 is 7.67 Å². The first-order chi connectivity index (χ1) is 3.72. The minimum atomic E-state index is 0.141. The lowest BCUT2D eigenvalue weighted by Crippen LogP contribution is -2.28. The molecule has 0 bridgehead atoms. The summed E-state index contributed by atoms with van der Waals surface area (Å²) in [5.41, 5.74) is 0. The molecule has 8 heavy (non-hydrogen) atoms. The zero-order chi connectivity index (χ0) is 6.15. The molecule has 45 valence electrons. The molecular formula is C5H11AlNO. The largest absolute Gasteiger partial charge is 0.560 e. The number of hydrogen-bond acceptors (Lipinski definition) is 2. The second kappa shape index (κ2) is 2.37. The Morgan fingerprint density at radius 2 is 2.12 bits per heavy atom.